The summed E-state index contributed by atoms with van der Waals surface area (Å²) in [6.07, 6.45) is 0. The maximum absolute atomic E-state index is 12.2. The first-order chi connectivity index (χ1) is 12.6. The quantitative estimate of drug-likeness (QED) is 0.210. The van der Waals surface area contributed by atoms with Crippen LogP contribution < -0.4 is 5.73 Å². The van der Waals surface area contributed by atoms with Crippen LogP contribution >= 0.6 is 22.9 Å². The smallest absolute Gasteiger partial charge is 0.352 e. The molecule has 10 nitrogen and oxygen atoms in total. The molecule has 2 aromatic rings. The molecule has 1 atom stereocenters. The SMILES string of the molecule is CC(C)C(N)C(=O)OCOC(=O)c1sc2c([N+](=O)[O-])c(O)c(O)cc2c1Cl. The fourth-order valence-corrected chi connectivity index (χ4v) is 3.52. The third-order valence-corrected chi connectivity index (χ3v) is 5.29. The van der Waals surface area contributed by atoms with Crippen molar-refractivity contribution < 1.29 is 34.2 Å². The van der Waals surface area contributed by atoms with E-state index in [0.717, 1.165) is 6.07 Å². The summed E-state index contributed by atoms with van der Waals surface area (Å²) in [5.74, 6) is -3.63. The summed E-state index contributed by atoms with van der Waals surface area (Å²) < 4.78 is 9.41. The molecular weight excluding hydrogens is 404 g/mol. The van der Waals surface area contributed by atoms with Crippen LogP contribution in [0.5, 0.6) is 11.5 Å². The molecule has 0 saturated heterocycles. The third-order valence-electron chi connectivity index (χ3n) is 3.60. The number of rotatable bonds is 6. The lowest BCUT2D eigenvalue weighted by Gasteiger charge is -2.14. The van der Waals surface area contributed by atoms with Crippen LogP contribution in [0.2, 0.25) is 5.02 Å². The van der Waals surface area contributed by atoms with E-state index < -0.39 is 46.9 Å². The van der Waals surface area contributed by atoms with Crippen LogP contribution in [-0.2, 0) is 14.3 Å². The summed E-state index contributed by atoms with van der Waals surface area (Å²) in [6, 6.07) is 0.111. The number of nitro groups is 1. The molecule has 0 spiro atoms. The zero-order chi connectivity index (χ0) is 20.5. The number of thiophene rings is 1. The topological polar surface area (TPSA) is 162 Å². The zero-order valence-corrected chi connectivity index (χ0v) is 15.7. The van der Waals surface area contributed by atoms with Crippen molar-refractivity contribution in [1.29, 1.82) is 0 Å². The van der Waals surface area contributed by atoms with Gasteiger partial charge in [0.05, 0.1) is 9.95 Å². The van der Waals surface area contributed by atoms with Crippen LogP contribution in [-0.4, -0.2) is 39.9 Å². The van der Waals surface area contributed by atoms with Crippen LogP contribution in [0.25, 0.3) is 10.1 Å². The molecule has 12 heteroatoms. The zero-order valence-electron chi connectivity index (χ0n) is 14.1. The molecule has 2 rings (SSSR count). The van der Waals surface area contributed by atoms with Gasteiger partial charge in [-0.15, -0.1) is 11.3 Å². The van der Waals surface area contributed by atoms with Crippen LogP contribution in [0, 0.1) is 16.0 Å². The van der Waals surface area contributed by atoms with E-state index in [1.807, 2.05) is 0 Å². The first-order valence-corrected chi connectivity index (χ1v) is 8.66. The summed E-state index contributed by atoms with van der Waals surface area (Å²) in [5, 5.41) is 30.3. The summed E-state index contributed by atoms with van der Waals surface area (Å²) in [5.41, 5.74) is 4.80. The van der Waals surface area contributed by atoms with Crippen molar-refractivity contribution in [3.05, 3.63) is 26.1 Å². The molecule has 0 radical (unpaired) electrons. The van der Waals surface area contributed by atoms with Crippen molar-refractivity contribution in [2.75, 3.05) is 6.79 Å². The highest BCUT2D eigenvalue weighted by Gasteiger charge is 2.29. The number of esters is 2. The molecule has 0 aliphatic rings. The number of nitrogens with zero attached hydrogens (tertiary/aromatic N) is 1. The number of ether oxygens (including phenoxy) is 2. The highest BCUT2D eigenvalue weighted by Crippen LogP contribution is 2.48. The lowest BCUT2D eigenvalue weighted by Crippen LogP contribution is -2.37. The Morgan fingerprint density at radius 1 is 1.37 bits per heavy atom. The van der Waals surface area contributed by atoms with Crippen LogP contribution in [0.15, 0.2) is 6.07 Å². The van der Waals surface area contributed by atoms with Gasteiger partial charge in [0.1, 0.15) is 15.6 Å². The number of carbonyl (C=O) groups excluding carboxylic acids is 2. The van der Waals surface area contributed by atoms with Gasteiger partial charge in [0.25, 0.3) is 0 Å². The predicted octanol–water partition coefficient (Wildman–Crippen LogP) is 2.51. The average Bonchev–Trinajstić information content (AvgIpc) is 2.90. The molecule has 0 amide bonds. The Morgan fingerprint density at radius 3 is 2.56 bits per heavy atom. The summed E-state index contributed by atoms with van der Waals surface area (Å²) in [7, 11) is 0. The second-order valence-electron chi connectivity index (χ2n) is 5.75. The maximum Gasteiger partial charge on any atom is 0.352 e. The van der Waals surface area contributed by atoms with E-state index in [2.05, 4.69) is 0 Å². The molecule has 1 heterocycles. The Kier molecular flexibility index (Phi) is 6.08. The number of nitrogens with two attached hydrogens (primary N) is 1. The molecule has 0 saturated carbocycles. The summed E-state index contributed by atoms with van der Waals surface area (Å²) in [4.78, 5) is 33.8. The van der Waals surface area contributed by atoms with Gasteiger partial charge in [-0.25, -0.2) is 4.79 Å². The Labute approximate surface area is 161 Å². The number of benzene rings is 1. The number of hydrogen-bond acceptors (Lipinski definition) is 10. The first-order valence-electron chi connectivity index (χ1n) is 7.46. The molecule has 0 fully saturated rings. The van der Waals surface area contributed by atoms with Crippen molar-refractivity contribution in [2.24, 2.45) is 11.7 Å². The van der Waals surface area contributed by atoms with Crippen molar-refractivity contribution in [3.63, 3.8) is 0 Å². The van der Waals surface area contributed by atoms with Gasteiger partial charge in [-0.05, 0) is 12.0 Å². The lowest BCUT2D eigenvalue weighted by molar-refractivity contribution is -0.383. The van der Waals surface area contributed by atoms with E-state index in [0.29, 0.717) is 11.3 Å². The van der Waals surface area contributed by atoms with Gasteiger partial charge < -0.3 is 25.4 Å². The summed E-state index contributed by atoms with van der Waals surface area (Å²) in [6.45, 7) is 2.71. The normalized spacial score (nSPS) is 12.2. The Morgan fingerprint density at radius 2 is 2.00 bits per heavy atom. The lowest BCUT2D eigenvalue weighted by atomic mass is 10.1. The molecule has 0 bridgehead atoms. The first kappa shape index (κ1) is 20.7. The van der Waals surface area contributed by atoms with Gasteiger partial charge in [-0.1, -0.05) is 25.4 Å². The third kappa shape index (κ3) is 4.04. The van der Waals surface area contributed by atoms with E-state index in [-0.39, 0.29) is 25.9 Å². The van der Waals surface area contributed by atoms with Gasteiger partial charge >= 0.3 is 17.6 Å². The van der Waals surface area contributed by atoms with E-state index in [1.165, 1.54) is 0 Å². The molecular formula is C15H15ClN2O8S. The van der Waals surface area contributed by atoms with Gasteiger partial charge in [0, 0.05) is 5.39 Å². The predicted molar refractivity (Wildman–Crippen MR) is 96.0 cm³/mol. The van der Waals surface area contributed by atoms with Crippen LogP contribution in [0.1, 0.15) is 23.5 Å². The monoisotopic (exact) mass is 418 g/mol. The van der Waals surface area contributed by atoms with E-state index >= 15 is 0 Å². The fourth-order valence-electron chi connectivity index (χ4n) is 2.04. The largest absolute Gasteiger partial charge is 0.504 e. The number of halogens is 1. The standard InChI is InChI=1S/C15H15ClN2O8S/c1-5(2)9(17)14(21)25-4-26-15(22)13-8(16)6-3-7(19)11(20)10(18(23)24)12(6)27-13/h3,5,9,19-20H,4,17H2,1-2H3. The van der Waals surface area contributed by atoms with E-state index in [4.69, 9.17) is 26.8 Å². The fraction of sp³-hybridized carbons (Fsp3) is 0.333. The van der Waals surface area contributed by atoms with Gasteiger partial charge in [0.2, 0.25) is 12.5 Å². The molecule has 1 aromatic heterocycles. The minimum atomic E-state index is -1.000. The molecule has 4 N–H and O–H groups in total. The minimum Gasteiger partial charge on any atom is -0.504 e. The van der Waals surface area contributed by atoms with Crippen LogP contribution in [0.4, 0.5) is 5.69 Å². The molecule has 27 heavy (non-hydrogen) atoms. The number of aromatic hydroxyl groups is 2. The maximum atomic E-state index is 12.2. The van der Waals surface area contributed by atoms with Gasteiger partial charge in [0.15, 0.2) is 5.75 Å². The Bertz CT molecular complexity index is 926. The molecule has 146 valence electrons. The van der Waals surface area contributed by atoms with Crippen molar-refractivity contribution >= 4 is 50.6 Å². The van der Waals surface area contributed by atoms with Crippen LogP contribution in [0.3, 0.4) is 0 Å². The summed E-state index contributed by atoms with van der Waals surface area (Å²) >= 11 is 6.65. The molecule has 0 aliphatic heterocycles. The number of nitro benzene ring substituents is 1. The van der Waals surface area contributed by atoms with E-state index in [1.54, 1.807) is 13.8 Å². The van der Waals surface area contributed by atoms with Crippen molar-refractivity contribution in [2.45, 2.75) is 19.9 Å². The van der Waals surface area contributed by atoms with Crippen molar-refractivity contribution in [1.82, 2.24) is 0 Å². The molecule has 1 unspecified atom stereocenters. The molecule has 0 aliphatic carbocycles. The van der Waals surface area contributed by atoms with Crippen molar-refractivity contribution in [3.8, 4) is 11.5 Å². The molecule has 1 aromatic carbocycles. The Balaban J connectivity index is 2.25. The van der Waals surface area contributed by atoms with Gasteiger partial charge in [-0.2, -0.15) is 0 Å². The van der Waals surface area contributed by atoms with Gasteiger partial charge in [-0.3, -0.25) is 14.9 Å². The number of hydrogen-bond donors (Lipinski definition) is 3. The minimum absolute atomic E-state index is 0.00515. The Hall–Kier alpha value is -2.63. The highest BCUT2D eigenvalue weighted by molar-refractivity contribution is 7.22. The number of phenolic OH excluding ortho intramolecular Hbond substituents is 2. The second kappa shape index (κ2) is 7.94. The number of fused-ring (bicyclic) bond motifs is 1. The second-order valence-corrected chi connectivity index (χ2v) is 7.15. The van der Waals surface area contributed by atoms with E-state index in [9.17, 15) is 29.9 Å². The number of phenols is 2. The highest BCUT2D eigenvalue weighted by atomic mass is 35.5. The number of carbonyl (C=O) groups is 2. The average molecular weight is 419 g/mol.